The van der Waals surface area contributed by atoms with Gasteiger partial charge < -0.3 is 16.0 Å². The van der Waals surface area contributed by atoms with Crippen LogP contribution in [-0.2, 0) is 9.59 Å². The Morgan fingerprint density at radius 3 is 2.74 bits per heavy atom. The number of amides is 2. The number of carbonyl (C=O) groups excluding carboxylic acids is 2. The van der Waals surface area contributed by atoms with E-state index in [9.17, 15) is 14.0 Å². The van der Waals surface area contributed by atoms with Gasteiger partial charge in [-0.15, -0.1) is 0 Å². The van der Waals surface area contributed by atoms with Crippen molar-refractivity contribution in [3.05, 3.63) is 30.1 Å². The van der Waals surface area contributed by atoms with Crippen molar-refractivity contribution in [3.63, 3.8) is 0 Å². The van der Waals surface area contributed by atoms with E-state index in [1.807, 2.05) is 6.92 Å². The third-order valence-electron chi connectivity index (χ3n) is 2.30. The van der Waals surface area contributed by atoms with Crippen molar-refractivity contribution in [2.24, 2.45) is 0 Å². The Hall–Kier alpha value is -1.95. The second-order valence-electron chi connectivity index (χ2n) is 3.94. The topological polar surface area (TPSA) is 70.2 Å². The molecule has 0 unspecified atom stereocenters. The Morgan fingerprint density at radius 1 is 1.26 bits per heavy atom. The van der Waals surface area contributed by atoms with Crippen molar-refractivity contribution in [3.8, 4) is 0 Å². The van der Waals surface area contributed by atoms with Crippen LogP contribution in [0.2, 0.25) is 0 Å². The highest BCUT2D eigenvalue weighted by Gasteiger charge is 2.03. The number of hydrogen-bond donors (Lipinski definition) is 3. The fraction of sp³-hybridized carbons (Fsp3) is 0.385. The molecule has 0 saturated heterocycles. The van der Waals surface area contributed by atoms with Gasteiger partial charge >= 0.3 is 0 Å². The van der Waals surface area contributed by atoms with Gasteiger partial charge in [-0.3, -0.25) is 9.59 Å². The number of anilines is 1. The molecule has 0 atom stereocenters. The summed E-state index contributed by atoms with van der Waals surface area (Å²) in [7, 11) is 0. The van der Waals surface area contributed by atoms with Crippen LogP contribution in [0.1, 0.15) is 13.3 Å². The van der Waals surface area contributed by atoms with Crippen molar-refractivity contribution in [2.75, 3.05) is 25.0 Å². The summed E-state index contributed by atoms with van der Waals surface area (Å²) in [6.07, 6.45) is 0.321. The highest BCUT2D eigenvalue weighted by atomic mass is 19.1. The van der Waals surface area contributed by atoms with Crippen LogP contribution < -0.4 is 16.0 Å². The lowest BCUT2D eigenvalue weighted by Gasteiger charge is -2.07. The highest BCUT2D eigenvalue weighted by Crippen LogP contribution is 2.08. The van der Waals surface area contributed by atoms with Gasteiger partial charge in [-0.1, -0.05) is 6.07 Å². The van der Waals surface area contributed by atoms with Crippen LogP contribution in [0.4, 0.5) is 10.1 Å². The minimum absolute atomic E-state index is 0.0551. The number of nitrogens with one attached hydrogen (secondary N) is 3. The first kappa shape index (κ1) is 15.1. The Kier molecular flexibility index (Phi) is 6.52. The first-order valence-corrected chi connectivity index (χ1v) is 6.14. The zero-order valence-electron chi connectivity index (χ0n) is 10.8. The van der Waals surface area contributed by atoms with Gasteiger partial charge in [0.05, 0.1) is 6.54 Å². The lowest BCUT2D eigenvalue weighted by molar-refractivity contribution is -0.121. The van der Waals surface area contributed by atoms with Crippen molar-refractivity contribution < 1.29 is 14.0 Å². The molecule has 0 fully saturated rings. The van der Waals surface area contributed by atoms with Crippen LogP contribution in [-0.4, -0.2) is 31.4 Å². The number of benzene rings is 1. The summed E-state index contributed by atoms with van der Waals surface area (Å²) < 4.78 is 12.9. The van der Waals surface area contributed by atoms with E-state index in [4.69, 9.17) is 0 Å². The SMILES string of the molecule is CCNC(=O)CCNCC(=O)Nc1cccc(F)c1. The Bertz CT molecular complexity index is 438. The molecular weight excluding hydrogens is 249 g/mol. The molecule has 0 aromatic heterocycles. The van der Waals surface area contributed by atoms with E-state index in [0.29, 0.717) is 25.2 Å². The quantitative estimate of drug-likeness (QED) is 0.642. The van der Waals surface area contributed by atoms with Crippen LogP contribution >= 0.6 is 0 Å². The summed E-state index contributed by atoms with van der Waals surface area (Å²) in [4.78, 5) is 22.6. The predicted octanol–water partition coefficient (Wildman–Crippen LogP) is 0.880. The molecule has 19 heavy (non-hydrogen) atoms. The van der Waals surface area contributed by atoms with Gasteiger partial charge in [0.1, 0.15) is 5.82 Å². The lowest BCUT2D eigenvalue weighted by Crippen LogP contribution is -2.32. The fourth-order valence-electron chi connectivity index (χ4n) is 1.46. The van der Waals surface area contributed by atoms with Crippen LogP contribution in [0.5, 0.6) is 0 Å². The first-order chi connectivity index (χ1) is 9.11. The molecule has 0 radical (unpaired) electrons. The average Bonchev–Trinajstić information content (AvgIpc) is 2.35. The minimum atomic E-state index is -0.401. The molecule has 0 aliphatic rings. The normalized spacial score (nSPS) is 10.0. The second-order valence-corrected chi connectivity index (χ2v) is 3.94. The van der Waals surface area contributed by atoms with E-state index in [0.717, 1.165) is 0 Å². The molecular formula is C13H18FN3O2. The standard InChI is InChI=1S/C13H18FN3O2/c1-2-16-12(18)6-7-15-9-13(19)17-11-5-3-4-10(14)8-11/h3-5,8,15H,2,6-7,9H2,1H3,(H,16,18)(H,17,19). The monoisotopic (exact) mass is 267 g/mol. The van der Waals surface area contributed by atoms with E-state index < -0.39 is 5.82 Å². The molecule has 0 heterocycles. The summed E-state index contributed by atoms with van der Waals surface area (Å²) in [5, 5.41) is 8.06. The largest absolute Gasteiger partial charge is 0.356 e. The van der Waals surface area contributed by atoms with E-state index in [-0.39, 0.29) is 18.4 Å². The Morgan fingerprint density at radius 2 is 2.05 bits per heavy atom. The molecule has 1 aromatic carbocycles. The van der Waals surface area contributed by atoms with Gasteiger partial charge in [0, 0.05) is 25.2 Å². The predicted molar refractivity (Wildman–Crippen MR) is 71.2 cm³/mol. The van der Waals surface area contributed by atoms with Gasteiger partial charge in [-0.05, 0) is 25.1 Å². The van der Waals surface area contributed by atoms with Crippen molar-refractivity contribution in [2.45, 2.75) is 13.3 Å². The highest BCUT2D eigenvalue weighted by molar-refractivity contribution is 5.92. The van der Waals surface area contributed by atoms with E-state index in [1.165, 1.54) is 18.2 Å². The molecule has 104 valence electrons. The fourth-order valence-corrected chi connectivity index (χ4v) is 1.46. The molecule has 2 amide bonds. The summed E-state index contributed by atoms with van der Waals surface area (Å²) in [5.74, 6) is -0.732. The number of hydrogen-bond acceptors (Lipinski definition) is 3. The van der Waals surface area contributed by atoms with E-state index in [1.54, 1.807) is 6.07 Å². The van der Waals surface area contributed by atoms with Gasteiger partial charge in [0.15, 0.2) is 0 Å². The lowest BCUT2D eigenvalue weighted by atomic mass is 10.3. The van der Waals surface area contributed by atoms with Gasteiger partial charge in [-0.2, -0.15) is 0 Å². The van der Waals surface area contributed by atoms with Crippen LogP contribution in [0.25, 0.3) is 0 Å². The van der Waals surface area contributed by atoms with E-state index >= 15 is 0 Å². The van der Waals surface area contributed by atoms with Crippen molar-refractivity contribution in [1.29, 1.82) is 0 Å². The van der Waals surface area contributed by atoms with Gasteiger partial charge in [0.2, 0.25) is 11.8 Å². The average molecular weight is 267 g/mol. The molecule has 6 heteroatoms. The molecule has 1 rings (SSSR count). The van der Waals surface area contributed by atoms with Crippen molar-refractivity contribution >= 4 is 17.5 Å². The minimum Gasteiger partial charge on any atom is -0.356 e. The molecule has 0 bridgehead atoms. The molecule has 0 spiro atoms. The summed E-state index contributed by atoms with van der Waals surface area (Å²) >= 11 is 0. The summed E-state index contributed by atoms with van der Waals surface area (Å²) in [6.45, 7) is 2.94. The van der Waals surface area contributed by atoms with Crippen molar-refractivity contribution in [1.82, 2.24) is 10.6 Å². The van der Waals surface area contributed by atoms with Crippen LogP contribution in [0.15, 0.2) is 24.3 Å². The van der Waals surface area contributed by atoms with Gasteiger partial charge in [0.25, 0.3) is 0 Å². The molecule has 3 N–H and O–H groups in total. The molecule has 0 saturated carbocycles. The molecule has 5 nitrogen and oxygen atoms in total. The Balaban J connectivity index is 2.20. The van der Waals surface area contributed by atoms with Crippen LogP contribution in [0, 0.1) is 5.82 Å². The third kappa shape index (κ3) is 6.52. The zero-order valence-corrected chi connectivity index (χ0v) is 10.8. The molecule has 0 aliphatic carbocycles. The molecule has 1 aromatic rings. The number of rotatable bonds is 7. The van der Waals surface area contributed by atoms with Gasteiger partial charge in [-0.25, -0.2) is 4.39 Å². The van der Waals surface area contributed by atoms with Crippen LogP contribution in [0.3, 0.4) is 0 Å². The number of halogens is 1. The summed E-state index contributed by atoms with van der Waals surface area (Å²) in [6, 6.07) is 5.68. The maximum Gasteiger partial charge on any atom is 0.238 e. The number of carbonyl (C=O) groups is 2. The Labute approximate surface area is 111 Å². The maximum atomic E-state index is 12.9. The second kappa shape index (κ2) is 8.20. The summed E-state index contributed by atoms with van der Waals surface area (Å²) in [5.41, 5.74) is 0.413. The zero-order chi connectivity index (χ0) is 14.1. The maximum absolute atomic E-state index is 12.9. The molecule has 0 aliphatic heterocycles. The van der Waals surface area contributed by atoms with E-state index in [2.05, 4.69) is 16.0 Å². The first-order valence-electron chi connectivity index (χ1n) is 6.14. The smallest absolute Gasteiger partial charge is 0.238 e. The third-order valence-corrected chi connectivity index (χ3v) is 2.30.